The number of thiophene rings is 1. The van der Waals surface area contributed by atoms with Crippen LogP contribution in [0.25, 0.3) is 0 Å². The van der Waals surface area contributed by atoms with E-state index in [2.05, 4.69) is 16.1 Å². The van der Waals surface area contributed by atoms with Crippen molar-refractivity contribution in [3.8, 4) is 5.75 Å². The van der Waals surface area contributed by atoms with Crippen molar-refractivity contribution < 1.29 is 4.74 Å². The highest BCUT2D eigenvalue weighted by Crippen LogP contribution is 2.35. The van der Waals surface area contributed by atoms with E-state index in [1.807, 2.05) is 7.05 Å². The van der Waals surface area contributed by atoms with Gasteiger partial charge in [0.1, 0.15) is 5.75 Å². The first-order valence-electron chi connectivity index (χ1n) is 4.25. The van der Waals surface area contributed by atoms with Gasteiger partial charge in [0.15, 0.2) is 0 Å². The molecule has 1 aromatic heterocycles. The lowest BCUT2D eigenvalue weighted by Crippen LogP contribution is -2.22. The van der Waals surface area contributed by atoms with Crippen molar-refractivity contribution in [3.05, 3.63) is 16.3 Å². The third kappa shape index (κ3) is 1.34. The molecule has 12 heavy (non-hydrogen) atoms. The number of hydrogen-bond acceptors (Lipinski definition) is 3. The zero-order chi connectivity index (χ0) is 8.39. The van der Waals surface area contributed by atoms with Crippen molar-refractivity contribution in [1.82, 2.24) is 5.32 Å². The SMILES string of the molecule is CNCC1CCOc2cscc21. The zero-order valence-electron chi connectivity index (χ0n) is 7.17. The topological polar surface area (TPSA) is 21.3 Å². The van der Waals surface area contributed by atoms with Crippen LogP contribution in [0, 0.1) is 0 Å². The second-order valence-electron chi connectivity index (χ2n) is 3.08. The van der Waals surface area contributed by atoms with Crippen LogP contribution in [0.5, 0.6) is 5.75 Å². The normalized spacial score (nSPS) is 21.6. The van der Waals surface area contributed by atoms with E-state index in [9.17, 15) is 0 Å². The number of ether oxygens (including phenoxy) is 1. The van der Waals surface area contributed by atoms with Crippen molar-refractivity contribution in [2.75, 3.05) is 20.2 Å². The van der Waals surface area contributed by atoms with Gasteiger partial charge < -0.3 is 10.1 Å². The second kappa shape index (κ2) is 3.46. The molecule has 1 N–H and O–H groups in total. The molecule has 1 aromatic rings. The summed E-state index contributed by atoms with van der Waals surface area (Å²) in [7, 11) is 2.00. The van der Waals surface area contributed by atoms with Crippen molar-refractivity contribution in [3.63, 3.8) is 0 Å². The Balaban J connectivity index is 2.19. The molecule has 0 saturated heterocycles. The lowest BCUT2D eigenvalue weighted by Gasteiger charge is -2.22. The van der Waals surface area contributed by atoms with E-state index in [1.54, 1.807) is 11.3 Å². The van der Waals surface area contributed by atoms with E-state index in [0.717, 1.165) is 25.3 Å². The van der Waals surface area contributed by atoms with Gasteiger partial charge in [0.05, 0.1) is 6.61 Å². The van der Waals surface area contributed by atoms with Crippen molar-refractivity contribution in [2.45, 2.75) is 12.3 Å². The quantitative estimate of drug-likeness (QED) is 0.755. The summed E-state index contributed by atoms with van der Waals surface area (Å²) in [6.07, 6.45) is 1.14. The van der Waals surface area contributed by atoms with Crippen LogP contribution in [0.1, 0.15) is 17.9 Å². The fourth-order valence-corrected chi connectivity index (χ4v) is 2.49. The van der Waals surface area contributed by atoms with Gasteiger partial charge in [-0.3, -0.25) is 0 Å². The molecule has 2 heterocycles. The maximum absolute atomic E-state index is 5.52. The molecule has 0 amide bonds. The molecule has 0 radical (unpaired) electrons. The van der Waals surface area contributed by atoms with Crippen LogP contribution in [-0.2, 0) is 0 Å². The summed E-state index contributed by atoms with van der Waals surface area (Å²) in [5.74, 6) is 1.76. The Morgan fingerprint density at radius 3 is 3.42 bits per heavy atom. The van der Waals surface area contributed by atoms with Gasteiger partial charge in [0, 0.05) is 23.4 Å². The minimum atomic E-state index is 0.657. The van der Waals surface area contributed by atoms with Crippen LogP contribution in [0.4, 0.5) is 0 Å². The average molecular weight is 183 g/mol. The Morgan fingerprint density at radius 2 is 2.58 bits per heavy atom. The number of rotatable bonds is 2. The van der Waals surface area contributed by atoms with Crippen LogP contribution in [0.3, 0.4) is 0 Å². The van der Waals surface area contributed by atoms with Crippen LogP contribution < -0.4 is 10.1 Å². The summed E-state index contributed by atoms with van der Waals surface area (Å²) in [6, 6.07) is 0. The van der Waals surface area contributed by atoms with Gasteiger partial charge in [0.2, 0.25) is 0 Å². The summed E-state index contributed by atoms with van der Waals surface area (Å²) in [4.78, 5) is 0. The van der Waals surface area contributed by atoms with Crippen LogP contribution >= 0.6 is 11.3 Å². The highest BCUT2D eigenvalue weighted by atomic mass is 32.1. The highest BCUT2D eigenvalue weighted by molar-refractivity contribution is 7.08. The first kappa shape index (κ1) is 8.08. The molecule has 0 aromatic carbocycles. The van der Waals surface area contributed by atoms with Gasteiger partial charge >= 0.3 is 0 Å². The highest BCUT2D eigenvalue weighted by Gasteiger charge is 2.20. The molecule has 1 unspecified atom stereocenters. The lowest BCUT2D eigenvalue weighted by molar-refractivity contribution is 0.268. The molecular weight excluding hydrogens is 170 g/mol. The Labute approximate surface area is 76.6 Å². The Bertz CT molecular complexity index is 259. The smallest absolute Gasteiger partial charge is 0.133 e. The number of fused-ring (bicyclic) bond motifs is 1. The number of hydrogen-bond donors (Lipinski definition) is 1. The molecule has 0 spiro atoms. The molecular formula is C9H13NOS. The molecule has 1 aliphatic heterocycles. The first-order chi connectivity index (χ1) is 5.92. The molecule has 3 heteroatoms. The summed E-state index contributed by atoms with van der Waals surface area (Å²) >= 11 is 1.73. The molecule has 2 nitrogen and oxygen atoms in total. The van der Waals surface area contributed by atoms with E-state index in [0.29, 0.717) is 5.92 Å². The monoisotopic (exact) mass is 183 g/mol. The van der Waals surface area contributed by atoms with Crippen LogP contribution in [0.15, 0.2) is 10.8 Å². The second-order valence-corrected chi connectivity index (χ2v) is 3.83. The van der Waals surface area contributed by atoms with E-state index in [4.69, 9.17) is 4.74 Å². The van der Waals surface area contributed by atoms with Gasteiger partial charge in [-0.15, -0.1) is 11.3 Å². The average Bonchev–Trinajstić information content (AvgIpc) is 2.53. The van der Waals surface area contributed by atoms with E-state index in [1.165, 1.54) is 5.56 Å². The van der Waals surface area contributed by atoms with Gasteiger partial charge in [-0.2, -0.15) is 0 Å². The predicted molar refractivity (Wildman–Crippen MR) is 51.1 cm³/mol. The van der Waals surface area contributed by atoms with E-state index >= 15 is 0 Å². The van der Waals surface area contributed by atoms with Gasteiger partial charge in [-0.25, -0.2) is 0 Å². The fourth-order valence-electron chi connectivity index (χ4n) is 1.64. The predicted octanol–water partition coefficient (Wildman–Crippen LogP) is 1.83. The first-order valence-corrected chi connectivity index (χ1v) is 5.19. The van der Waals surface area contributed by atoms with Gasteiger partial charge in [-0.05, 0) is 18.8 Å². The third-order valence-corrected chi connectivity index (χ3v) is 3.01. The number of likely N-dealkylation sites (N-methyl/N-ethyl adjacent to an activating group) is 1. The van der Waals surface area contributed by atoms with E-state index < -0.39 is 0 Å². The maximum Gasteiger partial charge on any atom is 0.133 e. The Morgan fingerprint density at radius 1 is 1.67 bits per heavy atom. The molecule has 1 atom stereocenters. The van der Waals surface area contributed by atoms with Crippen molar-refractivity contribution >= 4 is 11.3 Å². The van der Waals surface area contributed by atoms with Crippen molar-refractivity contribution in [2.24, 2.45) is 0 Å². The number of nitrogens with one attached hydrogen (secondary N) is 1. The lowest BCUT2D eigenvalue weighted by atomic mass is 9.96. The summed E-state index contributed by atoms with van der Waals surface area (Å²) in [6.45, 7) is 1.93. The summed E-state index contributed by atoms with van der Waals surface area (Å²) in [5, 5.41) is 7.52. The minimum absolute atomic E-state index is 0.657. The largest absolute Gasteiger partial charge is 0.492 e. The molecule has 0 saturated carbocycles. The third-order valence-electron chi connectivity index (χ3n) is 2.27. The minimum Gasteiger partial charge on any atom is -0.492 e. The van der Waals surface area contributed by atoms with E-state index in [-0.39, 0.29) is 0 Å². The van der Waals surface area contributed by atoms with Gasteiger partial charge in [-0.1, -0.05) is 0 Å². The molecule has 1 aliphatic rings. The summed E-state index contributed by atoms with van der Waals surface area (Å²) in [5.41, 5.74) is 1.39. The van der Waals surface area contributed by atoms with Crippen molar-refractivity contribution in [1.29, 1.82) is 0 Å². The Hall–Kier alpha value is -0.540. The maximum atomic E-state index is 5.52. The summed E-state index contributed by atoms with van der Waals surface area (Å²) < 4.78 is 5.52. The molecule has 2 rings (SSSR count). The molecule has 66 valence electrons. The Kier molecular flexibility index (Phi) is 2.33. The van der Waals surface area contributed by atoms with Crippen LogP contribution in [-0.4, -0.2) is 20.2 Å². The fraction of sp³-hybridized carbons (Fsp3) is 0.556. The van der Waals surface area contributed by atoms with Crippen LogP contribution in [0.2, 0.25) is 0 Å². The zero-order valence-corrected chi connectivity index (χ0v) is 7.99. The molecule has 0 aliphatic carbocycles. The molecule has 0 fully saturated rings. The molecule has 0 bridgehead atoms. The standard InChI is InChI=1S/C9H13NOS/c1-10-4-7-2-3-11-9-6-12-5-8(7)9/h5-7,10H,2-4H2,1H3. The van der Waals surface area contributed by atoms with Gasteiger partial charge in [0.25, 0.3) is 0 Å².